The minimum Gasteiger partial charge on any atom is -0.547 e. The Hall–Kier alpha value is -1.55. The van der Waals surface area contributed by atoms with Gasteiger partial charge >= 0.3 is 5.97 Å². The zero-order valence-corrected chi connectivity index (χ0v) is 14.7. The van der Waals surface area contributed by atoms with Crippen LogP contribution < -0.4 is 0 Å². The molecule has 0 atom stereocenters. The molecule has 4 heteroatoms. The Morgan fingerprint density at radius 3 is 2.29 bits per heavy atom. The molecule has 0 aliphatic heterocycles. The number of rotatable bonds is 6. The minimum absolute atomic E-state index is 0.136. The van der Waals surface area contributed by atoms with Gasteiger partial charge in [-0.05, 0) is 30.3 Å². The summed E-state index contributed by atoms with van der Waals surface area (Å²) < 4.78 is 11.3. The molecule has 0 aliphatic rings. The van der Waals surface area contributed by atoms with Crippen molar-refractivity contribution in [3.63, 3.8) is 0 Å². The highest BCUT2D eigenvalue weighted by Crippen LogP contribution is 2.37. The second-order valence-electron chi connectivity index (χ2n) is 6.65. The number of benzene rings is 1. The van der Waals surface area contributed by atoms with Gasteiger partial charge in [0.2, 0.25) is 8.32 Å². The van der Waals surface area contributed by atoms with E-state index in [4.69, 9.17) is 9.16 Å². The van der Waals surface area contributed by atoms with Gasteiger partial charge in [-0.2, -0.15) is 0 Å². The van der Waals surface area contributed by atoms with E-state index in [-0.39, 0.29) is 11.0 Å². The lowest BCUT2D eigenvalue weighted by Crippen LogP contribution is -2.40. The first-order chi connectivity index (χ1) is 9.63. The molecule has 0 radical (unpaired) electrons. The van der Waals surface area contributed by atoms with E-state index >= 15 is 0 Å². The maximum atomic E-state index is 11.8. The van der Waals surface area contributed by atoms with E-state index in [0.29, 0.717) is 24.4 Å². The second-order valence-corrected chi connectivity index (χ2v) is 11.4. The Balaban J connectivity index is 2.40. The first kappa shape index (κ1) is 17.5. The van der Waals surface area contributed by atoms with Crippen molar-refractivity contribution < 1.29 is 14.0 Å². The average Bonchev–Trinajstić information content (AvgIpc) is 2.37. The van der Waals surface area contributed by atoms with Crippen molar-refractivity contribution in [2.45, 2.75) is 45.3 Å². The smallest absolute Gasteiger partial charge is 0.338 e. The van der Waals surface area contributed by atoms with Crippen molar-refractivity contribution in [1.82, 2.24) is 0 Å². The quantitative estimate of drug-likeness (QED) is 0.431. The molecule has 1 aromatic rings. The normalized spacial score (nSPS) is 11.9. The van der Waals surface area contributed by atoms with Crippen LogP contribution in [0.3, 0.4) is 0 Å². The monoisotopic (exact) mass is 306 g/mol. The molecular formula is C17H26O3Si. The summed E-state index contributed by atoms with van der Waals surface area (Å²) in [6.45, 7) is 15.1. The molecule has 0 unspecified atom stereocenters. The van der Waals surface area contributed by atoms with E-state index in [0.717, 1.165) is 0 Å². The van der Waals surface area contributed by atoms with Crippen LogP contribution in [0.15, 0.2) is 42.7 Å². The molecule has 0 aromatic heterocycles. The summed E-state index contributed by atoms with van der Waals surface area (Å²) in [5.74, 6) is 0.387. The van der Waals surface area contributed by atoms with Crippen LogP contribution in [0.4, 0.5) is 0 Å². The number of esters is 1. The number of carbonyl (C=O) groups excluding carboxylic acids is 1. The third-order valence-corrected chi connectivity index (χ3v) is 8.24. The highest BCUT2D eigenvalue weighted by Gasteiger charge is 2.39. The second kappa shape index (κ2) is 6.94. The van der Waals surface area contributed by atoms with E-state index in [9.17, 15) is 4.79 Å². The average molecular weight is 306 g/mol. The summed E-state index contributed by atoms with van der Waals surface area (Å²) >= 11 is 0. The summed E-state index contributed by atoms with van der Waals surface area (Å²) in [4.78, 5) is 11.8. The lowest BCUT2D eigenvalue weighted by atomic mass is 10.2. The fraction of sp³-hybridized carbons (Fsp3) is 0.471. The third-order valence-electron chi connectivity index (χ3n) is 3.83. The first-order valence-electron chi connectivity index (χ1n) is 7.22. The molecule has 0 N–H and O–H groups in total. The van der Waals surface area contributed by atoms with Crippen molar-refractivity contribution in [3.8, 4) is 0 Å². The molecule has 0 heterocycles. The predicted molar refractivity (Wildman–Crippen MR) is 88.8 cm³/mol. The molecule has 0 saturated heterocycles. The molecule has 0 aliphatic carbocycles. The molecule has 0 amide bonds. The molecule has 0 saturated carbocycles. The summed E-state index contributed by atoms with van der Waals surface area (Å²) in [7, 11) is -1.85. The van der Waals surface area contributed by atoms with Gasteiger partial charge in [-0.3, -0.25) is 0 Å². The number of hydrogen-bond acceptors (Lipinski definition) is 3. The largest absolute Gasteiger partial charge is 0.547 e. The summed E-state index contributed by atoms with van der Waals surface area (Å²) in [5.41, 5.74) is 0.563. The fourth-order valence-electron chi connectivity index (χ4n) is 1.48. The molecule has 0 bridgehead atoms. The van der Waals surface area contributed by atoms with Crippen molar-refractivity contribution in [1.29, 1.82) is 0 Å². The Bertz CT molecular complexity index is 487. The van der Waals surface area contributed by atoms with E-state index < -0.39 is 8.32 Å². The number of ether oxygens (including phenoxy) is 1. The maximum Gasteiger partial charge on any atom is 0.338 e. The van der Waals surface area contributed by atoms with E-state index in [1.165, 1.54) is 0 Å². The van der Waals surface area contributed by atoms with Gasteiger partial charge < -0.3 is 9.16 Å². The van der Waals surface area contributed by atoms with Crippen LogP contribution in [0, 0.1) is 0 Å². The fourth-order valence-corrected chi connectivity index (χ4v) is 2.61. The first-order valence-corrected chi connectivity index (χ1v) is 10.1. The Kier molecular flexibility index (Phi) is 5.78. The maximum absolute atomic E-state index is 11.8. The van der Waals surface area contributed by atoms with Crippen molar-refractivity contribution in [3.05, 3.63) is 48.2 Å². The van der Waals surface area contributed by atoms with Crippen LogP contribution in [0.1, 0.15) is 37.6 Å². The molecule has 1 rings (SSSR count). The van der Waals surface area contributed by atoms with Crippen LogP contribution in [-0.2, 0) is 9.16 Å². The highest BCUT2D eigenvalue weighted by atomic mass is 28.4. The van der Waals surface area contributed by atoms with Crippen molar-refractivity contribution in [2.24, 2.45) is 0 Å². The van der Waals surface area contributed by atoms with Gasteiger partial charge in [0.25, 0.3) is 0 Å². The molecule has 0 spiro atoms. The summed E-state index contributed by atoms with van der Waals surface area (Å²) in [5, 5.41) is 0.136. The van der Waals surface area contributed by atoms with Crippen LogP contribution in [-0.4, -0.2) is 20.9 Å². The predicted octanol–water partition coefficient (Wildman–Crippen LogP) is 4.77. The van der Waals surface area contributed by atoms with Gasteiger partial charge in [0.15, 0.2) is 0 Å². The Morgan fingerprint density at radius 1 is 1.19 bits per heavy atom. The van der Waals surface area contributed by atoms with Gasteiger partial charge in [-0.15, -0.1) is 0 Å². The van der Waals surface area contributed by atoms with Gasteiger partial charge in [-0.25, -0.2) is 4.79 Å². The molecule has 0 fully saturated rings. The summed E-state index contributed by atoms with van der Waals surface area (Å²) in [6.07, 6.45) is 0.533. The third kappa shape index (κ3) is 5.38. The molecular weight excluding hydrogens is 280 g/mol. The molecule has 21 heavy (non-hydrogen) atoms. The number of carbonyl (C=O) groups is 1. The zero-order valence-electron chi connectivity index (χ0n) is 13.7. The van der Waals surface area contributed by atoms with Crippen molar-refractivity contribution in [2.75, 3.05) is 6.61 Å². The Morgan fingerprint density at radius 2 is 1.76 bits per heavy atom. The lowest BCUT2D eigenvalue weighted by Gasteiger charge is -2.37. The molecule has 116 valence electrons. The van der Waals surface area contributed by atoms with Crippen LogP contribution >= 0.6 is 0 Å². The van der Waals surface area contributed by atoms with Gasteiger partial charge in [0.05, 0.1) is 17.9 Å². The van der Waals surface area contributed by atoms with E-state index in [1.807, 2.05) is 18.2 Å². The standard InChI is InChI=1S/C17H26O3Si/c1-14(20-21(5,6)17(2,3)4)12-13-19-16(18)15-10-8-7-9-11-15/h7-11H,1,12-13H2,2-6H3. The highest BCUT2D eigenvalue weighted by molar-refractivity contribution is 6.74. The van der Waals surface area contributed by atoms with Gasteiger partial charge in [0, 0.05) is 6.42 Å². The van der Waals surface area contributed by atoms with Crippen LogP contribution in [0.25, 0.3) is 0 Å². The SMILES string of the molecule is C=C(CCOC(=O)c1ccccc1)O[Si](C)(C)C(C)(C)C. The van der Waals surface area contributed by atoms with E-state index in [2.05, 4.69) is 40.4 Å². The van der Waals surface area contributed by atoms with E-state index in [1.54, 1.807) is 12.1 Å². The van der Waals surface area contributed by atoms with Crippen LogP contribution in [0.5, 0.6) is 0 Å². The van der Waals surface area contributed by atoms with Crippen molar-refractivity contribution >= 4 is 14.3 Å². The topological polar surface area (TPSA) is 35.5 Å². The van der Waals surface area contributed by atoms with Crippen LogP contribution in [0.2, 0.25) is 18.1 Å². The van der Waals surface area contributed by atoms with Gasteiger partial charge in [-0.1, -0.05) is 45.5 Å². The van der Waals surface area contributed by atoms with Gasteiger partial charge in [0.1, 0.15) is 0 Å². The molecule has 1 aromatic carbocycles. The number of hydrogen-bond donors (Lipinski definition) is 0. The summed E-state index contributed by atoms with van der Waals surface area (Å²) in [6, 6.07) is 8.98. The molecule has 3 nitrogen and oxygen atoms in total. The zero-order chi connectivity index (χ0) is 16.1. The minimum atomic E-state index is -1.85. The Labute approximate surface area is 129 Å². The lowest BCUT2D eigenvalue weighted by molar-refractivity contribution is 0.0501.